The quantitative estimate of drug-likeness (QED) is 0.870. The van der Waals surface area contributed by atoms with Gasteiger partial charge in [-0.3, -0.25) is 9.89 Å². The summed E-state index contributed by atoms with van der Waals surface area (Å²) in [6, 6.07) is 8.38. The van der Waals surface area contributed by atoms with Crippen LogP contribution >= 0.6 is 0 Å². The molecule has 25 heavy (non-hydrogen) atoms. The molecule has 3 heterocycles. The normalized spacial score (nSPS) is 20.2. The number of fused-ring (bicyclic) bond motifs is 1. The monoisotopic (exact) mass is 340 g/mol. The first-order chi connectivity index (χ1) is 12.2. The fourth-order valence-corrected chi connectivity index (χ4v) is 3.87. The van der Waals surface area contributed by atoms with E-state index in [0.717, 1.165) is 63.4 Å². The molecule has 3 N–H and O–H groups in total. The molecular formula is C19H24N4O2. The van der Waals surface area contributed by atoms with Crippen LogP contribution in [0.5, 0.6) is 5.75 Å². The zero-order valence-electron chi connectivity index (χ0n) is 14.3. The Labute approximate surface area is 147 Å². The van der Waals surface area contributed by atoms with E-state index in [1.54, 1.807) is 6.07 Å². The highest BCUT2D eigenvalue weighted by Gasteiger charge is 2.23. The number of nitrogens with two attached hydrogens (primary N) is 1. The van der Waals surface area contributed by atoms with Gasteiger partial charge in [-0.25, -0.2) is 0 Å². The van der Waals surface area contributed by atoms with Crippen LogP contribution in [0.25, 0.3) is 0 Å². The number of primary amides is 1. The van der Waals surface area contributed by atoms with E-state index in [4.69, 9.17) is 10.5 Å². The van der Waals surface area contributed by atoms with Crippen LogP contribution in [0.3, 0.4) is 0 Å². The molecule has 0 radical (unpaired) electrons. The molecule has 1 atom stereocenters. The van der Waals surface area contributed by atoms with Gasteiger partial charge in [-0.1, -0.05) is 12.1 Å². The number of carbonyl (C=O) groups excluding carboxylic acids is 1. The van der Waals surface area contributed by atoms with Gasteiger partial charge in [-0.15, -0.1) is 0 Å². The molecule has 1 aromatic carbocycles. The number of ether oxygens (including phenoxy) is 1. The van der Waals surface area contributed by atoms with Gasteiger partial charge in [-0.2, -0.15) is 5.10 Å². The summed E-state index contributed by atoms with van der Waals surface area (Å²) in [6.07, 6.45) is 4.35. The number of carbonyl (C=O) groups is 1. The van der Waals surface area contributed by atoms with E-state index in [-0.39, 0.29) is 0 Å². The summed E-state index contributed by atoms with van der Waals surface area (Å²) >= 11 is 0. The third kappa shape index (κ3) is 3.54. The smallest absolute Gasteiger partial charge is 0.269 e. The van der Waals surface area contributed by atoms with Crippen LogP contribution < -0.4 is 10.5 Å². The van der Waals surface area contributed by atoms with Crippen molar-refractivity contribution in [3.63, 3.8) is 0 Å². The van der Waals surface area contributed by atoms with Gasteiger partial charge in [0.1, 0.15) is 11.4 Å². The van der Waals surface area contributed by atoms with Crippen LogP contribution in [-0.2, 0) is 12.8 Å². The summed E-state index contributed by atoms with van der Waals surface area (Å²) in [7, 11) is 0. The molecule has 0 bridgehead atoms. The van der Waals surface area contributed by atoms with Crippen molar-refractivity contribution in [3.05, 3.63) is 46.8 Å². The Morgan fingerprint density at radius 3 is 3.16 bits per heavy atom. The molecule has 0 saturated carbocycles. The molecule has 0 spiro atoms. The molecule has 4 rings (SSSR count). The van der Waals surface area contributed by atoms with Gasteiger partial charge in [-0.05, 0) is 49.1 Å². The maximum absolute atomic E-state index is 11.2. The summed E-state index contributed by atoms with van der Waals surface area (Å²) in [5, 5.41) is 7.00. The molecule has 0 unspecified atom stereocenters. The lowest BCUT2D eigenvalue weighted by molar-refractivity contribution is 0.0995. The molecule has 2 aliphatic rings. The summed E-state index contributed by atoms with van der Waals surface area (Å²) in [6.45, 7) is 3.98. The first-order valence-electron chi connectivity index (χ1n) is 9.01. The molecule has 1 amide bonds. The van der Waals surface area contributed by atoms with Gasteiger partial charge >= 0.3 is 0 Å². The number of benzene rings is 1. The van der Waals surface area contributed by atoms with Crippen LogP contribution in [0, 0.1) is 0 Å². The molecule has 0 aliphatic carbocycles. The van der Waals surface area contributed by atoms with E-state index in [0.29, 0.717) is 11.6 Å². The second kappa shape index (κ2) is 6.88. The number of H-pyrrole nitrogens is 1. The standard InChI is InChI=1S/C19H24N4O2/c20-19(24)17-11-16(21-22-17)15-2-1-7-23(12-15)8-5-13-3-4-18-14(10-13)6-9-25-18/h3-4,10-11,15H,1-2,5-9,12H2,(H2,20,24)(H,21,22)/t15-/m1/s1. The SMILES string of the molecule is NC(=O)c1cc([C@@H]2CCCN(CCc3ccc4c(c3)CCO4)C2)[nH]n1. The third-order valence-corrected chi connectivity index (χ3v) is 5.27. The van der Waals surface area contributed by atoms with Gasteiger partial charge in [0.2, 0.25) is 0 Å². The van der Waals surface area contributed by atoms with Crippen molar-refractivity contribution in [2.24, 2.45) is 5.73 Å². The zero-order valence-corrected chi connectivity index (χ0v) is 14.3. The average molecular weight is 340 g/mol. The second-order valence-corrected chi connectivity index (χ2v) is 7.00. The van der Waals surface area contributed by atoms with Gasteiger partial charge in [0, 0.05) is 31.1 Å². The predicted octanol–water partition coefficient (Wildman–Crippen LogP) is 1.87. The number of amides is 1. The number of nitrogens with one attached hydrogen (secondary N) is 1. The second-order valence-electron chi connectivity index (χ2n) is 7.00. The van der Waals surface area contributed by atoms with Crippen molar-refractivity contribution in [2.75, 3.05) is 26.2 Å². The number of rotatable bonds is 5. The van der Waals surface area contributed by atoms with Crippen molar-refractivity contribution in [1.82, 2.24) is 15.1 Å². The Morgan fingerprint density at radius 1 is 1.40 bits per heavy atom. The predicted molar refractivity (Wildman–Crippen MR) is 94.9 cm³/mol. The Hall–Kier alpha value is -2.34. The summed E-state index contributed by atoms with van der Waals surface area (Å²) in [5.41, 5.74) is 9.36. The highest BCUT2D eigenvalue weighted by Crippen LogP contribution is 2.28. The van der Waals surface area contributed by atoms with Crippen molar-refractivity contribution in [1.29, 1.82) is 0 Å². The minimum absolute atomic E-state index is 0.326. The Kier molecular flexibility index (Phi) is 4.44. The third-order valence-electron chi connectivity index (χ3n) is 5.27. The van der Waals surface area contributed by atoms with Crippen LogP contribution in [0.15, 0.2) is 24.3 Å². The van der Waals surface area contributed by atoms with E-state index in [9.17, 15) is 4.79 Å². The van der Waals surface area contributed by atoms with Crippen LogP contribution in [-0.4, -0.2) is 47.2 Å². The average Bonchev–Trinajstić information content (AvgIpc) is 3.29. The molecule has 6 heteroatoms. The number of piperidine rings is 1. The van der Waals surface area contributed by atoms with Crippen molar-refractivity contribution < 1.29 is 9.53 Å². The van der Waals surface area contributed by atoms with E-state index in [1.807, 2.05) is 0 Å². The fraction of sp³-hybridized carbons (Fsp3) is 0.474. The molecule has 2 aromatic rings. The van der Waals surface area contributed by atoms with E-state index in [2.05, 4.69) is 33.3 Å². The highest BCUT2D eigenvalue weighted by molar-refractivity contribution is 5.90. The van der Waals surface area contributed by atoms with Crippen LogP contribution in [0.1, 0.15) is 46.1 Å². The van der Waals surface area contributed by atoms with E-state index >= 15 is 0 Å². The van der Waals surface area contributed by atoms with Crippen molar-refractivity contribution >= 4 is 5.91 Å². The largest absolute Gasteiger partial charge is 0.493 e. The topological polar surface area (TPSA) is 84.2 Å². The summed E-state index contributed by atoms with van der Waals surface area (Å²) in [5.74, 6) is 0.963. The summed E-state index contributed by atoms with van der Waals surface area (Å²) in [4.78, 5) is 13.7. The minimum Gasteiger partial charge on any atom is -0.493 e. The van der Waals surface area contributed by atoms with Crippen LogP contribution in [0.4, 0.5) is 0 Å². The first-order valence-corrected chi connectivity index (χ1v) is 9.01. The van der Waals surface area contributed by atoms with Crippen LogP contribution in [0.2, 0.25) is 0 Å². The molecule has 1 aromatic heterocycles. The van der Waals surface area contributed by atoms with Crippen molar-refractivity contribution in [2.45, 2.75) is 31.6 Å². The van der Waals surface area contributed by atoms with E-state index < -0.39 is 5.91 Å². The molecule has 6 nitrogen and oxygen atoms in total. The number of aromatic nitrogens is 2. The number of likely N-dealkylation sites (tertiary alicyclic amines) is 1. The van der Waals surface area contributed by atoms with Gasteiger partial charge < -0.3 is 15.4 Å². The lowest BCUT2D eigenvalue weighted by Crippen LogP contribution is -2.35. The molecular weight excluding hydrogens is 316 g/mol. The fourth-order valence-electron chi connectivity index (χ4n) is 3.87. The minimum atomic E-state index is -0.476. The van der Waals surface area contributed by atoms with E-state index in [1.165, 1.54) is 11.1 Å². The molecule has 1 saturated heterocycles. The zero-order chi connectivity index (χ0) is 17.2. The van der Waals surface area contributed by atoms with Gasteiger partial charge in [0.15, 0.2) is 0 Å². The molecule has 1 fully saturated rings. The number of nitrogens with zero attached hydrogens (tertiary/aromatic N) is 2. The summed E-state index contributed by atoms with van der Waals surface area (Å²) < 4.78 is 5.58. The molecule has 132 valence electrons. The highest BCUT2D eigenvalue weighted by atomic mass is 16.5. The number of hydrogen-bond donors (Lipinski definition) is 2. The first kappa shape index (κ1) is 16.1. The lowest BCUT2D eigenvalue weighted by atomic mass is 9.94. The van der Waals surface area contributed by atoms with Gasteiger partial charge in [0.05, 0.1) is 6.61 Å². The maximum Gasteiger partial charge on any atom is 0.269 e. The maximum atomic E-state index is 11.2. The van der Waals surface area contributed by atoms with Crippen molar-refractivity contribution in [3.8, 4) is 5.75 Å². The lowest BCUT2D eigenvalue weighted by Gasteiger charge is -2.32. The molecule has 2 aliphatic heterocycles. The Bertz CT molecular complexity index is 771. The Morgan fingerprint density at radius 2 is 2.32 bits per heavy atom. The number of aromatic amines is 1. The number of hydrogen-bond acceptors (Lipinski definition) is 4. The Balaban J connectivity index is 1.35. The van der Waals surface area contributed by atoms with Gasteiger partial charge in [0.25, 0.3) is 5.91 Å².